The van der Waals surface area contributed by atoms with E-state index in [9.17, 15) is 19.2 Å². The Morgan fingerprint density at radius 3 is 1.76 bits per heavy atom. The number of carbonyl (C=O) groups is 4. The van der Waals surface area contributed by atoms with E-state index in [1.807, 2.05) is 108 Å². The average Bonchev–Trinajstić information content (AvgIpc) is 3.19. The summed E-state index contributed by atoms with van der Waals surface area (Å²) < 4.78 is 10.7. The van der Waals surface area contributed by atoms with Crippen molar-refractivity contribution in [3.05, 3.63) is 120 Å². The van der Waals surface area contributed by atoms with Crippen molar-refractivity contribution in [1.29, 1.82) is 0 Å². The van der Waals surface area contributed by atoms with E-state index in [1.165, 1.54) is 0 Å². The molecule has 0 saturated carbocycles. The van der Waals surface area contributed by atoms with Gasteiger partial charge in [-0.1, -0.05) is 117 Å². The van der Waals surface area contributed by atoms with Gasteiger partial charge in [-0.25, -0.2) is 9.59 Å². The van der Waals surface area contributed by atoms with Gasteiger partial charge in [-0.2, -0.15) is 11.8 Å². The Balaban J connectivity index is 1.62. The number of hydrogen-bond acceptors (Lipinski definition) is 9. The van der Waals surface area contributed by atoms with Gasteiger partial charge in [0.15, 0.2) is 0 Å². The number of carbonyl (C=O) groups excluding carboxylic acids is 4. The molecule has 12 heteroatoms. The molecular weight excluding hydrogens is 781 g/mol. The fraction of sp³-hybridized carbons (Fsp3) is 0.489. The van der Waals surface area contributed by atoms with Gasteiger partial charge < -0.3 is 30.3 Å². The Kier molecular flexibility index (Phi) is 17.5. The monoisotopic (exact) mass is 844 g/mol. The first kappa shape index (κ1) is 47.4. The highest BCUT2D eigenvalue weighted by Crippen LogP contribution is 2.48. The Morgan fingerprint density at radius 2 is 1.29 bits per heavy atom. The third kappa shape index (κ3) is 13.9. The third-order valence-electron chi connectivity index (χ3n) is 9.69. The fourth-order valence-corrected chi connectivity index (χ4v) is 8.99. The SMILES string of the molecule is CSCC[C@H](NC(=O)[C@@H]1CC=CCN1C(=O)[C@@H](NC[C@H](CSC(c1ccccc1)(c1ccccc1)c1ccccc1)NC(=O)OC(C)(C)C)C(C)C)C(=O)OC(C)(C)C. The molecule has 0 unspecified atom stereocenters. The maximum atomic E-state index is 14.6. The standard InChI is InChI=1S/C47H64N4O6S2/c1-33(2)40(42(53)51-29-20-19-27-39(51)41(52)50-38(28-30-58-9)43(54)56-45(3,4)5)48-31-37(49-44(55)57-46(6,7)8)32-59-47(34-21-13-10-14-22-34,35-23-15-11-16-24-35)36-25-17-12-18-26-36/h10-26,33,37-40,48H,27-32H2,1-9H3,(H,49,55)(H,50,52)/t37-,38+,39+,40+/m1/s1. The lowest BCUT2D eigenvalue weighted by molar-refractivity contribution is -0.159. The van der Waals surface area contributed by atoms with Crippen molar-refractivity contribution in [1.82, 2.24) is 20.9 Å². The molecule has 10 nitrogen and oxygen atoms in total. The van der Waals surface area contributed by atoms with Crippen molar-refractivity contribution >= 4 is 47.4 Å². The van der Waals surface area contributed by atoms with E-state index in [-0.39, 0.29) is 24.9 Å². The summed E-state index contributed by atoms with van der Waals surface area (Å²) in [6.45, 7) is 15.3. The summed E-state index contributed by atoms with van der Waals surface area (Å²) in [6.07, 6.45) is 5.88. The number of hydrogen-bond donors (Lipinski definition) is 3. The van der Waals surface area contributed by atoms with E-state index in [2.05, 4.69) is 52.3 Å². The Bertz CT molecular complexity index is 1730. The normalized spacial score (nSPS) is 16.2. The molecule has 0 radical (unpaired) electrons. The highest BCUT2D eigenvalue weighted by Gasteiger charge is 2.40. The number of ether oxygens (including phenoxy) is 2. The number of thioether (sulfide) groups is 2. The molecule has 59 heavy (non-hydrogen) atoms. The van der Waals surface area contributed by atoms with Crippen molar-refractivity contribution in [2.45, 2.75) is 108 Å². The molecule has 1 aliphatic rings. The van der Waals surface area contributed by atoms with Gasteiger partial charge in [-0.3, -0.25) is 9.59 Å². The van der Waals surface area contributed by atoms with Crippen LogP contribution in [-0.4, -0.2) is 95.0 Å². The summed E-state index contributed by atoms with van der Waals surface area (Å²) in [6, 6.07) is 28.2. The van der Waals surface area contributed by atoms with Gasteiger partial charge in [-0.15, -0.1) is 11.8 Å². The van der Waals surface area contributed by atoms with Crippen LogP contribution < -0.4 is 16.0 Å². The number of rotatable bonds is 18. The molecule has 0 aliphatic carbocycles. The molecule has 0 spiro atoms. The molecule has 1 aliphatic heterocycles. The molecule has 3 aromatic rings. The highest BCUT2D eigenvalue weighted by molar-refractivity contribution is 8.00. The van der Waals surface area contributed by atoms with E-state index >= 15 is 0 Å². The lowest BCUT2D eigenvalue weighted by Crippen LogP contribution is -2.60. The zero-order valence-corrected chi connectivity index (χ0v) is 37.8. The minimum atomic E-state index is -0.844. The number of amides is 3. The molecule has 4 atom stereocenters. The molecule has 3 N–H and O–H groups in total. The summed E-state index contributed by atoms with van der Waals surface area (Å²) in [5, 5.41) is 9.54. The van der Waals surface area contributed by atoms with Crippen LogP contribution >= 0.6 is 23.5 Å². The van der Waals surface area contributed by atoms with E-state index in [0.717, 1.165) is 16.7 Å². The molecule has 0 fully saturated rings. The predicted octanol–water partition coefficient (Wildman–Crippen LogP) is 7.96. The van der Waals surface area contributed by atoms with E-state index in [4.69, 9.17) is 9.47 Å². The summed E-state index contributed by atoms with van der Waals surface area (Å²) in [5.74, 6) is -0.205. The van der Waals surface area contributed by atoms with Crippen molar-refractivity contribution in [3.8, 4) is 0 Å². The quantitative estimate of drug-likeness (QED) is 0.0665. The van der Waals surface area contributed by atoms with Crippen LogP contribution in [0.1, 0.15) is 84.9 Å². The first-order valence-electron chi connectivity index (χ1n) is 20.5. The van der Waals surface area contributed by atoms with E-state index in [0.29, 0.717) is 24.3 Å². The molecule has 0 bridgehead atoms. The molecule has 3 amide bonds. The number of nitrogens with zero attached hydrogens (tertiary/aromatic N) is 1. The number of nitrogens with one attached hydrogen (secondary N) is 3. The van der Waals surface area contributed by atoms with Gasteiger partial charge in [-0.05, 0) is 89.0 Å². The average molecular weight is 845 g/mol. The minimum absolute atomic E-state index is 0.167. The maximum absolute atomic E-state index is 14.6. The van der Waals surface area contributed by atoms with E-state index in [1.54, 1.807) is 49.2 Å². The van der Waals surface area contributed by atoms with Gasteiger partial charge >= 0.3 is 12.1 Å². The molecule has 0 aromatic heterocycles. The second kappa shape index (κ2) is 21.8. The van der Waals surface area contributed by atoms with Crippen molar-refractivity contribution < 1.29 is 28.7 Å². The Labute approximate surface area is 360 Å². The number of esters is 1. The zero-order chi connectivity index (χ0) is 43.2. The van der Waals surface area contributed by atoms with Crippen LogP contribution in [0.5, 0.6) is 0 Å². The van der Waals surface area contributed by atoms with Crippen LogP contribution in [-0.2, 0) is 28.6 Å². The smallest absolute Gasteiger partial charge is 0.407 e. The summed E-state index contributed by atoms with van der Waals surface area (Å²) in [5.41, 5.74) is 1.83. The predicted molar refractivity (Wildman–Crippen MR) is 241 cm³/mol. The van der Waals surface area contributed by atoms with Crippen LogP contribution in [0.2, 0.25) is 0 Å². The molecule has 4 rings (SSSR count). The minimum Gasteiger partial charge on any atom is -0.458 e. The molecule has 3 aromatic carbocycles. The zero-order valence-electron chi connectivity index (χ0n) is 36.2. The van der Waals surface area contributed by atoms with Crippen LogP contribution in [0.15, 0.2) is 103 Å². The highest BCUT2D eigenvalue weighted by atomic mass is 32.2. The number of alkyl carbamates (subject to hydrolysis) is 1. The van der Waals surface area contributed by atoms with Crippen molar-refractivity contribution in [2.75, 3.05) is 30.9 Å². The topological polar surface area (TPSA) is 126 Å². The summed E-state index contributed by atoms with van der Waals surface area (Å²) >= 11 is 3.28. The maximum Gasteiger partial charge on any atom is 0.407 e. The van der Waals surface area contributed by atoms with Gasteiger partial charge in [0, 0.05) is 18.8 Å². The second-order valence-corrected chi connectivity index (χ2v) is 19.4. The van der Waals surface area contributed by atoms with Gasteiger partial charge in [0.1, 0.15) is 23.3 Å². The Morgan fingerprint density at radius 1 is 0.763 bits per heavy atom. The first-order valence-corrected chi connectivity index (χ1v) is 22.8. The van der Waals surface area contributed by atoms with Crippen molar-refractivity contribution in [3.63, 3.8) is 0 Å². The summed E-state index contributed by atoms with van der Waals surface area (Å²) in [4.78, 5) is 56.7. The summed E-state index contributed by atoms with van der Waals surface area (Å²) in [7, 11) is 0. The lowest BCUT2D eigenvalue weighted by Gasteiger charge is -2.38. The van der Waals surface area contributed by atoms with Crippen LogP contribution in [0, 0.1) is 5.92 Å². The molecule has 0 saturated heterocycles. The second-order valence-electron chi connectivity index (χ2n) is 17.2. The van der Waals surface area contributed by atoms with Crippen LogP contribution in [0.4, 0.5) is 4.79 Å². The molecular formula is C47H64N4O6S2. The lowest BCUT2D eigenvalue weighted by atomic mass is 9.84. The van der Waals surface area contributed by atoms with E-state index < -0.39 is 58.1 Å². The van der Waals surface area contributed by atoms with Crippen LogP contribution in [0.25, 0.3) is 0 Å². The van der Waals surface area contributed by atoms with Gasteiger partial charge in [0.05, 0.1) is 16.8 Å². The fourth-order valence-electron chi connectivity index (χ4n) is 6.96. The van der Waals surface area contributed by atoms with Crippen molar-refractivity contribution in [2.24, 2.45) is 5.92 Å². The number of benzene rings is 3. The third-order valence-corrected chi connectivity index (χ3v) is 12.0. The molecule has 320 valence electrons. The molecule has 1 heterocycles. The largest absolute Gasteiger partial charge is 0.458 e. The first-order chi connectivity index (χ1) is 27.9. The Hall–Kier alpha value is -4.26. The van der Waals surface area contributed by atoms with Gasteiger partial charge in [0.25, 0.3) is 0 Å². The van der Waals surface area contributed by atoms with Crippen LogP contribution in [0.3, 0.4) is 0 Å². The van der Waals surface area contributed by atoms with Gasteiger partial charge in [0.2, 0.25) is 11.8 Å².